The zero-order valence-electron chi connectivity index (χ0n) is 7.24. The monoisotopic (exact) mass is 259 g/mol. The first kappa shape index (κ1) is 12.3. The molecule has 0 saturated heterocycles. The van der Waals surface area contributed by atoms with Gasteiger partial charge in [-0.1, -0.05) is 11.6 Å². The molecular weight excluding hydrogens is 254 g/mol. The topological polar surface area (TPSA) is 35.2 Å². The van der Waals surface area contributed by atoms with Gasteiger partial charge in [-0.2, -0.15) is 0 Å². The lowest BCUT2D eigenvalue weighted by atomic mass is 10.2. The van der Waals surface area contributed by atoms with E-state index in [4.69, 9.17) is 28.9 Å². The van der Waals surface area contributed by atoms with Crippen LogP contribution in [0.25, 0.3) is 0 Å². The van der Waals surface area contributed by atoms with Crippen LogP contribution in [0, 0.1) is 0 Å². The summed E-state index contributed by atoms with van der Waals surface area (Å²) in [6, 6.07) is 2.23. The maximum absolute atomic E-state index is 11.9. The van der Waals surface area contributed by atoms with Gasteiger partial charge in [0.1, 0.15) is 0 Å². The van der Waals surface area contributed by atoms with Crippen molar-refractivity contribution in [2.75, 3.05) is 5.73 Å². The molecule has 0 unspecified atom stereocenters. The Morgan fingerprint density at radius 1 is 1.33 bits per heavy atom. The van der Waals surface area contributed by atoms with Crippen molar-refractivity contribution in [2.45, 2.75) is 12.2 Å². The van der Waals surface area contributed by atoms with E-state index < -0.39 is 12.1 Å². The van der Waals surface area contributed by atoms with Gasteiger partial charge in [0.2, 0.25) is 0 Å². The molecule has 0 amide bonds. The SMILES string of the molecule is Nc1cc(Cl)c(CCl)cc1OC(F)(F)F. The lowest BCUT2D eigenvalue weighted by molar-refractivity contribution is -0.274. The van der Waals surface area contributed by atoms with Gasteiger partial charge in [0.15, 0.2) is 5.75 Å². The lowest BCUT2D eigenvalue weighted by Crippen LogP contribution is -2.18. The predicted molar refractivity (Wildman–Crippen MR) is 52.1 cm³/mol. The minimum absolute atomic E-state index is 0.0205. The number of nitrogens with two attached hydrogens (primary N) is 1. The van der Waals surface area contributed by atoms with Gasteiger partial charge in [-0.05, 0) is 17.7 Å². The van der Waals surface area contributed by atoms with Gasteiger partial charge in [0, 0.05) is 10.9 Å². The van der Waals surface area contributed by atoms with Crippen LogP contribution in [0.15, 0.2) is 12.1 Å². The number of ether oxygens (including phenoxy) is 1. The Hall–Kier alpha value is -0.810. The van der Waals surface area contributed by atoms with Crippen LogP contribution in [0.3, 0.4) is 0 Å². The van der Waals surface area contributed by atoms with Crippen molar-refractivity contribution < 1.29 is 17.9 Å². The van der Waals surface area contributed by atoms with E-state index >= 15 is 0 Å². The fraction of sp³-hybridized carbons (Fsp3) is 0.250. The third kappa shape index (κ3) is 3.35. The van der Waals surface area contributed by atoms with Crippen molar-refractivity contribution in [1.29, 1.82) is 0 Å². The van der Waals surface area contributed by atoms with Gasteiger partial charge in [-0.15, -0.1) is 24.8 Å². The van der Waals surface area contributed by atoms with E-state index in [1.165, 1.54) is 6.07 Å². The van der Waals surface area contributed by atoms with Gasteiger partial charge in [-0.25, -0.2) is 0 Å². The second kappa shape index (κ2) is 4.37. The number of nitrogen functional groups attached to an aromatic ring is 1. The number of halogens is 5. The Kier molecular flexibility index (Phi) is 3.57. The third-order valence-electron chi connectivity index (χ3n) is 1.55. The fourth-order valence-corrected chi connectivity index (χ4v) is 1.45. The molecule has 0 aromatic heterocycles. The van der Waals surface area contributed by atoms with Crippen LogP contribution in [-0.4, -0.2) is 6.36 Å². The van der Waals surface area contributed by atoms with E-state index in [1.54, 1.807) is 0 Å². The van der Waals surface area contributed by atoms with E-state index in [2.05, 4.69) is 4.74 Å². The zero-order chi connectivity index (χ0) is 11.6. The molecule has 0 spiro atoms. The summed E-state index contributed by atoms with van der Waals surface area (Å²) >= 11 is 11.1. The number of hydrogen-bond donors (Lipinski definition) is 1. The molecule has 0 saturated carbocycles. The van der Waals surface area contributed by atoms with E-state index in [0.29, 0.717) is 5.56 Å². The molecule has 0 aliphatic rings. The molecule has 7 heteroatoms. The van der Waals surface area contributed by atoms with Gasteiger partial charge < -0.3 is 10.5 Å². The minimum Gasteiger partial charge on any atom is -0.404 e. The highest BCUT2D eigenvalue weighted by Crippen LogP contribution is 2.33. The van der Waals surface area contributed by atoms with Crippen molar-refractivity contribution in [3.63, 3.8) is 0 Å². The molecule has 2 N–H and O–H groups in total. The predicted octanol–water partition coefficient (Wildman–Crippen LogP) is 3.56. The summed E-state index contributed by atoms with van der Waals surface area (Å²) in [6.45, 7) is 0. The summed E-state index contributed by atoms with van der Waals surface area (Å²) in [5.74, 6) is -0.518. The smallest absolute Gasteiger partial charge is 0.404 e. The molecule has 1 aromatic carbocycles. The van der Waals surface area contributed by atoms with E-state index in [0.717, 1.165) is 6.07 Å². The number of benzene rings is 1. The Morgan fingerprint density at radius 2 is 1.93 bits per heavy atom. The fourth-order valence-electron chi connectivity index (χ4n) is 0.926. The first-order chi connectivity index (χ1) is 6.83. The third-order valence-corrected chi connectivity index (χ3v) is 2.19. The van der Waals surface area contributed by atoms with Gasteiger partial charge >= 0.3 is 6.36 Å². The second-order valence-electron chi connectivity index (χ2n) is 2.66. The standard InChI is InChI=1S/C8H6Cl2F3NO/c9-3-4-1-7(15-8(11,12)13)6(14)2-5(4)10/h1-2H,3,14H2. The molecule has 0 fully saturated rings. The van der Waals surface area contributed by atoms with Gasteiger partial charge in [0.05, 0.1) is 5.69 Å². The van der Waals surface area contributed by atoms with Crippen molar-refractivity contribution in [2.24, 2.45) is 0 Å². The van der Waals surface area contributed by atoms with Crippen LogP contribution >= 0.6 is 23.2 Å². The van der Waals surface area contributed by atoms with E-state index in [9.17, 15) is 13.2 Å². The molecule has 0 radical (unpaired) electrons. The van der Waals surface area contributed by atoms with Crippen LogP contribution in [0.1, 0.15) is 5.56 Å². The zero-order valence-corrected chi connectivity index (χ0v) is 8.75. The maximum Gasteiger partial charge on any atom is 0.573 e. The lowest BCUT2D eigenvalue weighted by Gasteiger charge is -2.12. The molecular formula is C8H6Cl2F3NO. The summed E-state index contributed by atoms with van der Waals surface area (Å²) < 4.78 is 39.4. The van der Waals surface area contributed by atoms with Crippen molar-refractivity contribution in [3.05, 3.63) is 22.7 Å². The average Bonchev–Trinajstić information content (AvgIpc) is 2.07. The summed E-state index contributed by atoms with van der Waals surface area (Å²) in [7, 11) is 0. The summed E-state index contributed by atoms with van der Waals surface area (Å²) in [4.78, 5) is 0. The average molecular weight is 260 g/mol. The van der Waals surface area contributed by atoms with Gasteiger partial charge in [-0.3, -0.25) is 0 Å². The van der Waals surface area contributed by atoms with E-state index in [-0.39, 0.29) is 16.6 Å². The molecule has 0 aliphatic carbocycles. The number of hydrogen-bond acceptors (Lipinski definition) is 2. The largest absolute Gasteiger partial charge is 0.573 e. The normalized spacial score (nSPS) is 11.5. The Morgan fingerprint density at radius 3 is 2.40 bits per heavy atom. The summed E-state index contributed by atoms with van der Waals surface area (Å²) in [6.07, 6.45) is -4.79. The quantitative estimate of drug-likeness (QED) is 0.651. The van der Waals surface area contributed by atoms with Crippen molar-refractivity contribution in [3.8, 4) is 5.75 Å². The number of anilines is 1. The highest BCUT2D eigenvalue weighted by Gasteiger charge is 2.32. The Balaban J connectivity index is 3.08. The molecule has 1 rings (SSSR count). The van der Waals surface area contributed by atoms with Crippen molar-refractivity contribution in [1.82, 2.24) is 0 Å². The maximum atomic E-state index is 11.9. The first-order valence-electron chi connectivity index (χ1n) is 3.73. The first-order valence-corrected chi connectivity index (χ1v) is 4.64. The Bertz CT molecular complexity index is 368. The van der Waals surface area contributed by atoms with Crippen LogP contribution in [-0.2, 0) is 5.88 Å². The summed E-state index contributed by atoms with van der Waals surface area (Å²) in [5, 5.41) is 0.206. The molecule has 2 nitrogen and oxygen atoms in total. The van der Waals surface area contributed by atoms with Crippen LogP contribution < -0.4 is 10.5 Å². The molecule has 0 atom stereocenters. The molecule has 15 heavy (non-hydrogen) atoms. The number of alkyl halides is 4. The minimum atomic E-state index is -4.79. The summed E-state index contributed by atoms with van der Waals surface area (Å²) in [5.41, 5.74) is 5.44. The van der Waals surface area contributed by atoms with Crippen LogP contribution in [0.4, 0.5) is 18.9 Å². The highest BCUT2D eigenvalue weighted by atomic mass is 35.5. The van der Waals surface area contributed by atoms with Crippen LogP contribution in [0.2, 0.25) is 5.02 Å². The van der Waals surface area contributed by atoms with E-state index in [1.807, 2.05) is 0 Å². The highest BCUT2D eigenvalue weighted by molar-refractivity contribution is 6.32. The Labute approximate surface area is 93.7 Å². The number of rotatable bonds is 2. The molecule has 0 bridgehead atoms. The molecule has 84 valence electrons. The van der Waals surface area contributed by atoms with Gasteiger partial charge in [0.25, 0.3) is 0 Å². The molecule has 0 heterocycles. The van der Waals surface area contributed by atoms with Crippen molar-refractivity contribution >= 4 is 28.9 Å². The van der Waals surface area contributed by atoms with Crippen LogP contribution in [0.5, 0.6) is 5.75 Å². The molecule has 0 aliphatic heterocycles. The molecule has 1 aromatic rings. The second-order valence-corrected chi connectivity index (χ2v) is 3.34.